The SMILES string of the molecule is C/C=C\C(=C/C)c1nc(-c2ccccc2)nc(-c2cc(C)cc(C)c2)n1.CC. The van der Waals surface area contributed by atoms with Gasteiger partial charge in [-0.3, -0.25) is 0 Å². The van der Waals surface area contributed by atoms with Crippen LogP contribution in [-0.4, -0.2) is 15.0 Å². The van der Waals surface area contributed by atoms with E-state index >= 15 is 0 Å². The van der Waals surface area contributed by atoms with E-state index in [1.54, 1.807) is 0 Å². The van der Waals surface area contributed by atoms with E-state index in [9.17, 15) is 0 Å². The Balaban J connectivity index is 0.00000136. The van der Waals surface area contributed by atoms with Crippen LogP contribution in [0.3, 0.4) is 0 Å². The molecule has 1 aromatic heterocycles. The maximum atomic E-state index is 4.76. The summed E-state index contributed by atoms with van der Waals surface area (Å²) in [6.45, 7) is 12.2. The fraction of sp³-hybridized carbons (Fsp3) is 0.240. The molecule has 0 bridgehead atoms. The van der Waals surface area contributed by atoms with Crippen LogP contribution in [0.2, 0.25) is 0 Å². The lowest BCUT2D eigenvalue weighted by molar-refractivity contribution is 1.04. The minimum atomic E-state index is 0.689. The molecule has 3 aromatic rings. The van der Waals surface area contributed by atoms with Gasteiger partial charge >= 0.3 is 0 Å². The summed E-state index contributed by atoms with van der Waals surface area (Å²) in [6, 6.07) is 16.4. The fourth-order valence-corrected chi connectivity index (χ4v) is 2.93. The Kier molecular flexibility index (Phi) is 7.82. The van der Waals surface area contributed by atoms with Crippen molar-refractivity contribution in [3.8, 4) is 22.8 Å². The summed E-state index contributed by atoms with van der Waals surface area (Å²) in [7, 11) is 0. The first-order valence-corrected chi connectivity index (χ1v) is 9.80. The largest absolute Gasteiger partial charge is 0.208 e. The van der Waals surface area contributed by atoms with Crippen LogP contribution in [0.1, 0.15) is 44.6 Å². The molecule has 144 valence electrons. The topological polar surface area (TPSA) is 38.7 Å². The summed E-state index contributed by atoms with van der Waals surface area (Å²) in [4.78, 5) is 14.2. The highest BCUT2D eigenvalue weighted by Crippen LogP contribution is 2.24. The molecule has 0 spiro atoms. The molecule has 0 aliphatic carbocycles. The highest BCUT2D eigenvalue weighted by Gasteiger charge is 2.12. The van der Waals surface area contributed by atoms with Gasteiger partial charge in [0.15, 0.2) is 17.5 Å². The molecule has 0 aliphatic heterocycles. The Morgan fingerprint density at radius 3 is 1.86 bits per heavy atom. The van der Waals surface area contributed by atoms with Gasteiger partial charge in [-0.2, -0.15) is 0 Å². The maximum Gasteiger partial charge on any atom is 0.164 e. The second kappa shape index (κ2) is 10.3. The highest BCUT2D eigenvalue weighted by molar-refractivity contribution is 5.72. The predicted molar refractivity (Wildman–Crippen MR) is 120 cm³/mol. The van der Waals surface area contributed by atoms with E-state index in [1.165, 1.54) is 11.1 Å². The van der Waals surface area contributed by atoms with Crippen LogP contribution in [0.5, 0.6) is 0 Å². The number of aromatic nitrogens is 3. The summed E-state index contributed by atoms with van der Waals surface area (Å²) < 4.78 is 0. The van der Waals surface area contributed by atoms with E-state index in [0.29, 0.717) is 17.5 Å². The van der Waals surface area contributed by atoms with E-state index in [-0.39, 0.29) is 0 Å². The molecular weight excluding hydrogens is 342 g/mol. The molecule has 0 N–H and O–H groups in total. The van der Waals surface area contributed by atoms with Crippen LogP contribution >= 0.6 is 0 Å². The van der Waals surface area contributed by atoms with E-state index in [1.807, 2.05) is 76.3 Å². The summed E-state index contributed by atoms with van der Waals surface area (Å²) in [5.74, 6) is 2.08. The zero-order valence-electron chi connectivity index (χ0n) is 17.7. The van der Waals surface area contributed by atoms with Gasteiger partial charge in [0.05, 0.1) is 0 Å². The van der Waals surface area contributed by atoms with E-state index in [2.05, 4.69) is 32.0 Å². The lowest BCUT2D eigenvalue weighted by Gasteiger charge is -2.09. The Labute approximate surface area is 168 Å². The lowest BCUT2D eigenvalue weighted by atomic mass is 10.1. The van der Waals surface area contributed by atoms with Gasteiger partial charge in [0.1, 0.15) is 0 Å². The van der Waals surface area contributed by atoms with Crippen LogP contribution in [0.15, 0.2) is 66.8 Å². The van der Waals surface area contributed by atoms with Crippen molar-refractivity contribution in [3.05, 3.63) is 83.7 Å². The molecule has 3 heteroatoms. The molecule has 0 unspecified atom stereocenters. The molecular formula is C25H29N3. The van der Waals surface area contributed by atoms with E-state index in [0.717, 1.165) is 16.7 Å². The molecule has 0 saturated carbocycles. The third-order valence-corrected chi connectivity index (χ3v) is 4.06. The Bertz CT molecular complexity index is 950. The number of aryl methyl sites for hydroxylation is 2. The van der Waals surface area contributed by atoms with Crippen molar-refractivity contribution in [2.45, 2.75) is 41.5 Å². The Morgan fingerprint density at radius 1 is 0.750 bits per heavy atom. The van der Waals surface area contributed by atoms with Gasteiger partial charge in [0, 0.05) is 16.7 Å². The number of allylic oxidation sites excluding steroid dienone is 4. The van der Waals surface area contributed by atoms with Crippen LogP contribution in [-0.2, 0) is 0 Å². The highest BCUT2D eigenvalue weighted by atomic mass is 15.0. The van der Waals surface area contributed by atoms with Gasteiger partial charge in [0.2, 0.25) is 0 Å². The standard InChI is InChI=1S/C23H23N3.C2H6/c1-5-10-18(6-2)21-24-22(19-11-8-7-9-12-19)26-23(25-21)20-14-16(3)13-17(4)15-20;1-2/h5-15H,1-4H3;1-2H3/b10-5-,18-6+;. The number of nitrogens with zero attached hydrogens (tertiary/aromatic N) is 3. The number of hydrogen-bond donors (Lipinski definition) is 0. The van der Waals surface area contributed by atoms with Crippen LogP contribution in [0, 0.1) is 13.8 Å². The van der Waals surface area contributed by atoms with Gasteiger partial charge in [-0.25, -0.2) is 15.0 Å². The Hall–Kier alpha value is -3.07. The molecule has 2 aromatic carbocycles. The molecule has 0 radical (unpaired) electrons. The molecule has 3 rings (SSSR count). The third kappa shape index (κ3) is 5.23. The third-order valence-electron chi connectivity index (χ3n) is 4.06. The zero-order chi connectivity index (χ0) is 20.5. The molecule has 0 atom stereocenters. The second-order valence-electron chi connectivity index (χ2n) is 6.29. The van der Waals surface area contributed by atoms with Crippen molar-refractivity contribution in [3.63, 3.8) is 0 Å². The van der Waals surface area contributed by atoms with Gasteiger partial charge in [0.25, 0.3) is 0 Å². The monoisotopic (exact) mass is 371 g/mol. The zero-order valence-corrected chi connectivity index (χ0v) is 17.7. The minimum Gasteiger partial charge on any atom is -0.208 e. The number of hydrogen-bond acceptors (Lipinski definition) is 3. The van der Waals surface area contributed by atoms with Gasteiger partial charge in [-0.15, -0.1) is 0 Å². The smallest absolute Gasteiger partial charge is 0.164 e. The maximum absolute atomic E-state index is 4.76. The van der Waals surface area contributed by atoms with Crippen molar-refractivity contribution < 1.29 is 0 Å². The van der Waals surface area contributed by atoms with Crippen LogP contribution in [0.4, 0.5) is 0 Å². The van der Waals surface area contributed by atoms with Gasteiger partial charge in [-0.1, -0.05) is 79.6 Å². The first kappa shape index (κ1) is 21.2. The average Bonchev–Trinajstić information content (AvgIpc) is 2.73. The fourth-order valence-electron chi connectivity index (χ4n) is 2.93. The van der Waals surface area contributed by atoms with E-state index < -0.39 is 0 Å². The summed E-state index contributed by atoms with van der Waals surface area (Å²) >= 11 is 0. The molecule has 0 amide bonds. The summed E-state index contributed by atoms with van der Waals surface area (Å²) in [6.07, 6.45) is 6.04. The van der Waals surface area contributed by atoms with E-state index in [4.69, 9.17) is 15.0 Å². The van der Waals surface area contributed by atoms with Crippen LogP contribution < -0.4 is 0 Å². The first-order valence-electron chi connectivity index (χ1n) is 9.80. The first-order chi connectivity index (χ1) is 13.6. The second-order valence-corrected chi connectivity index (χ2v) is 6.29. The van der Waals surface area contributed by atoms with Crippen LogP contribution in [0.25, 0.3) is 28.3 Å². The molecule has 3 nitrogen and oxygen atoms in total. The van der Waals surface area contributed by atoms with Gasteiger partial charge in [-0.05, 0) is 39.8 Å². The predicted octanol–water partition coefficient (Wildman–Crippen LogP) is 6.83. The number of rotatable bonds is 4. The van der Waals surface area contributed by atoms with Crippen molar-refractivity contribution in [1.82, 2.24) is 15.0 Å². The molecule has 0 fully saturated rings. The molecule has 0 saturated heterocycles. The average molecular weight is 372 g/mol. The van der Waals surface area contributed by atoms with Gasteiger partial charge < -0.3 is 0 Å². The quantitative estimate of drug-likeness (QED) is 0.472. The van der Waals surface area contributed by atoms with Crippen molar-refractivity contribution in [2.24, 2.45) is 0 Å². The van der Waals surface area contributed by atoms with Crippen molar-refractivity contribution >= 4 is 5.57 Å². The van der Waals surface area contributed by atoms with Crippen molar-refractivity contribution in [1.29, 1.82) is 0 Å². The van der Waals surface area contributed by atoms with Crippen molar-refractivity contribution in [2.75, 3.05) is 0 Å². The summed E-state index contributed by atoms with van der Waals surface area (Å²) in [5, 5.41) is 0. The normalized spacial score (nSPS) is 11.3. The number of benzene rings is 2. The molecule has 1 heterocycles. The molecule has 0 aliphatic rings. The Morgan fingerprint density at radius 2 is 1.32 bits per heavy atom. The molecule has 28 heavy (non-hydrogen) atoms. The lowest BCUT2D eigenvalue weighted by Crippen LogP contribution is -2.02. The summed E-state index contributed by atoms with van der Waals surface area (Å²) in [5.41, 5.74) is 5.38. The minimum absolute atomic E-state index is 0.689.